The number of nitrogens with zero attached hydrogens (tertiary/aromatic N) is 1. The Morgan fingerprint density at radius 3 is 2.38 bits per heavy atom. The number of hydrogen-bond donors (Lipinski definition) is 9. The number of phosphoric ester groups is 2. The van der Waals surface area contributed by atoms with Crippen molar-refractivity contribution in [2.45, 2.75) is 62.2 Å². The number of phosphoric acid groups is 2. The van der Waals surface area contributed by atoms with Crippen molar-refractivity contribution < 1.29 is 67.3 Å². The molecular formula is C18H29N3O16P2. The van der Waals surface area contributed by atoms with Crippen LogP contribution >= 0.6 is 15.6 Å². The van der Waals surface area contributed by atoms with Crippen LogP contribution in [0, 0.1) is 5.92 Å². The van der Waals surface area contributed by atoms with Gasteiger partial charge in [-0.3, -0.25) is 28.2 Å². The van der Waals surface area contributed by atoms with Crippen molar-refractivity contribution >= 4 is 21.6 Å². The lowest BCUT2D eigenvalue weighted by atomic mass is 9.80. The fourth-order valence-electron chi connectivity index (χ4n) is 4.24. The maximum absolute atomic E-state index is 12.5. The van der Waals surface area contributed by atoms with Gasteiger partial charge in [0.2, 0.25) is 5.91 Å². The zero-order chi connectivity index (χ0) is 29.3. The fraction of sp³-hybridized carbons (Fsp3) is 0.722. The first-order valence-electron chi connectivity index (χ1n) is 11.3. The number of carbonyl (C=O) groups is 1. The van der Waals surface area contributed by atoms with Gasteiger partial charge in [0.15, 0.2) is 6.23 Å². The van der Waals surface area contributed by atoms with E-state index in [2.05, 4.69) is 14.2 Å². The van der Waals surface area contributed by atoms with Gasteiger partial charge in [-0.2, -0.15) is 4.31 Å². The standard InChI is InChI=1S/C18H29N3O16P2/c1-7(23)19-12-9(4-8(5-22)13(25)15(12)27)36-39(32,33)37-38(30,31)34-6-10-14(26)16(28)17(35-10)21-3-2-11(24)20-18(21)29/h2-3,8-10,12-17,22,25-28H,4-6H2,1H3,(H,19,23)(H,30,31)(H,32,33)(H,20,24,29)/t8?,9-,10+,12?,13-,14?,15?,16?,17+/m0/s1. The Bertz CT molecular complexity index is 1240. The molecular weight excluding hydrogens is 576 g/mol. The summed E-state index contributed by atoms with van der Waals surface area (Å²) in [5.41, 5.74) is -1.73. The molecule has 1 aromatic rings. The molecule has 2 aliphatic rings. The molecule has 0 radical (unpaired) electrons. The summed E-state index contributed by atoms with van der Waals surface area (Å²) in [6, 6.07) is -0.534. The van der Waals surface area contributed by atoms with E-state index >= 15 is 0 Å². The van der Waals surface area contributed by atoms with Crippen molar-refractivity contribution in [3.8, 4) is 0 Å². The molecule has 7 unspecified atom stereocenters. The Balaban J connectivity index is 1.66. The van der Waals surface area contributed by atoms with Crippen LogP contribution < -0.4 is 16.6 Å². The van der Waals surface area contributed by atoms with Crippen molar-refractivity contribution in [2.75, 3.05) is 13.2 Å². The van der Waals surface area contributed by atoms with Crippen LogP contribution in [0.15, 0.2) is 21.9 Å². The van der Waals surface area contributed by atoms with Crippen LogP contribution in [-0.2, 0) is 32.0 Å². The van der Waals surface area contributed by atoms with Gasteiger partial charge < -0.3 is 45.4 Å². The number of aromatic nitrogens is 2. The number of aliphatic hydroxyl groups is 5. The van der Waals surface area contributed by atoms with Gasteiger partial charge in [0.1, 0.15) is 24.4 Å². The summed E-state index contributed by atoms with van der Waals surface area (Å²) in [7, 11) is -11.0. The minimum absolute atomic E-state index is 0.379. The minimum atomic E-state index is -5.50. The van der Waals surface area contributed by atoms with Gasteiger partial charge in [-0.1, -0.05) is 0 Å². The van der Waals surface area contributed by atoms with Gasteiger partial charge in [-0.05, 0) is 6.42 Å². The second-order valence-corrected chi connectivity index (χ2v) is 11.9. The Morgan fingerprint density at radius 1 is 1.13 bits per heavy atom. The summed E-state index contributed by atoms with van der Waals surface area (Å²) >= 11 is 0. The van der Waals surface area contributed by atoms with Crippen LogP contribution in [0.25, 0.3) is 0 Å². The Morgan fingerprint density at radius 2 is 1.79 bits per heavy atom. The van der Waals surface area contributed by atoms with E-state index in [0.717, 1.165) is 23.8 Å². The molecule has 222 valence electrons. The fourth-order valence-corrected chi connectivity index (χ4v) is 6.52. The Kier molecular flexibility index (Phi) is 10.0. The first kappa shape index (κ1) is 31.7. The second kappa shape index (κ2) is 12.4. The highest BCUT2D eigenvalue weighted by Crippen LogP contribution is 2.61. The maximum atomic E-state index is 12.5. The van der Waals surface area contributed by atoms with Crippen molar-refractivity contribution in [1.29, 1.82) is 0 Å². The lowest BCUT2D eigenvalue weighted by Crippen LogP contribution is -2.61. The van der Waals surface area contributed by atoms with Crippen molar-refractivity contribution in [2.24, 2.45) is 5.92 Å². The molecule has 39 heavy (non-hydrogen) atoms. The van der Waals surface area contributed by atoms with E-state index in [-0.39, 0.29) is 6.42 Å². The van der Waals surface area contributed by atoms with Crippen LogP contribution in [0.5, 0.6) is 0 Å². The Hall–Kier alpha value is -1.83. The van der Waals surface area contributed by atoms with Crippen LogP contribution in [0.2, 0.25) is 0 Å². The number of hydrogen-bond acceptors (Lipinski definition) is 14. The average molecular weight is 605 g/mol. The smallest absolute Gasteiger partial charge is 0.396 e. The molecule has 1 saturated heterocycles. The molecule has 3 rings (SSSR count). The number of carbonyl (C=O) groups excluding carboxylic acids is 1. The number of amides is 1. The summed E-state index contributed by atoms with van der Waals surface area (Å²) in [4.78, 5) is 56.6. The summed E-state index contributed by atoms with van der Waals surface area (Å²) in [6.45, 7) is -0.630. The summed E-state index contributed by atoms with van der Waals surface area (Å²) in [5, 5.41) is 52.4. The third kappa shape index (κ3) is 7.68. The molecule has 0 spiro atoms. The number of nitrogens with one attached hydrogen (secondary N) is 2. The van der Waals surface area contributed by atoms with Crippen molar-refractivity contribution in [3.63, 3.8) is 0 Å². The maximum Gasteiger partial charge on any atom is 0.481 e. The Labute approximate surface area is 218 Å². The summed E-state index contributed by atoms with van der Waals surface area (Å²) in [5.74, 6) is -1.77. The van der Waals surface area contributed by atoms with Crippen LogP contribution in [0.3, 0.4) is 0 Å². The number of aliphatic hydroxyl groups excluding tert-OH is 5. The van der Waals surface area contributed by atoms with E-state index in [1.165, 1.54) is 0 Å². The predicted octanol–water partition coefficient (Wildman–Crippen LogP) is -3.99. The van der Waals surface area contributed by atoms with Crippen LogP contribution in [0.1, 0.15) is 19.6 Å². The van der Waals surface area contributed by atoms with Crippen LogP contribution in [0.4, 0.5) is 0 Å². The molecule has 0 bridgehead atoms. The first-order chi connectivity index (χ1) is 18.0. The highest BCUT2D eigenvalue weighted by Gasteiger charge is 2.49. The average Bonchev–Trinajstić information content (AvgIpc) is 3.10. The van der Waals surface area contributed by atoms with E-state index in [1.54, 1.807) is 0 Å². The van der Waals surface area contributed by atoms with E-state index < -0.39 is 101 Å². The predicted molar refractivity (Wildman–Crippen MR) is 124 cm³/mol. The normalized spacial score (nSPS) is 36.2. The number of rotatable bonds is 10. The summed E-state index contributed by atoms with van der Waals surface area (Å²) in [6.07, 6.45) is -10.9. The van der Waals surface area contributed by atoms with E-state index in [1.807, 2.05) is 4.98 Å². The molecule has 1 aliphatic carbocycles. The number of aromatic amines is 1. The molecule has 1 aliphatic heterocycles. The zero-order valence-electron chi connectivity index (χ0n) is 20.1. The lowest BCUT2D eigenvalue weighted by molar-refractivity contribution is -0.133. The molecule has 1 amide bonds. The molecule has 1 aromatic heterocycles. The van der Waals surface area contributed by atoms with Crippen molar-refractivity contribution in [3.05, 3.63) is 33.1 Å². The molecule has 1 saturated carbocycles. The molecule has 2 fully saturated rings. The van der Waals surface area contributed by atoms with Gasteiger partial charge >= 0.3 is 21.3 Å². The van der Waals surface area contributed by atoms with Gasteiger partial charge in [0, 0.05) is 31.7 Å². The summed E-state index contributed by atoms with van der Waals surface area (Å²) < 4.78 is 44.6. The number of ether oxygens (including phenoxy) is 1. The lowest BCUT2D eigenvalue weighted by Gasteiger charge is -2.42. The SMILES string of the molecule is CC(=O)NC1C(O)[C@@H](O)C(CO)C[C@@H]1OP(=O)(O)OP(=O)(O)OC[C@H]1O[C@@H](n2ccc(=O)[nH]c2=O)C(O)C1O. The van der Waals surface area contributed by atoms with E-state index in [9.17, 15) is 58.8 Å². The monoisotopic (exact) mass is 605 g/mol. The van der Waals surface area contributed by atoms with Gasteiger partial charge in [0.05, 0.1) is 24.9 Å². The second-order valence-electron chi connectivity index (χ2n) is 8.91. The molecule has 9 N–H and O–H groups in total. The van der Waals surface area contributed by atoms with Crippen molar-refractivity contribution in [1.82, 2.24) is 14.9 Å². The van der Waals surface area contributed by atoms with Crippen LogP contribution in [-0.4, -0.2) is 107 Å². The topological polar surface area (TPSA) is 297 Å². The zero-order valence-corrected chi connectivity index (χ0v) is 21.9. The first-order valence-corrected chi connectivity index (χ1v) is 14.3. The van der Waals surface area contributed by atoms with E-state index in [0.29, 0.717) is 0 Å². The molecule has 19 nitrogen and oxygen atoms in total. The minimum Gasteiger partial charge on any atom is -0.396 e. The van der Waals surface area contributed by atoms with Gasteiger partial charge in [-0.25, -0.2) is 13.9 Å². The molecule has 0 aromatic carbocycles. The quantitative estimate of drug-likeness (QED) is 0.115. The molecule has 2 heterocycles. The highest BCUT2D eigenvalue weighted by molar-refractivity contribution is 7.61. The van der Waals surface area contributed by atoms with E-state index in [4.69, 9.17) is 9.26 Å². The third-order valence-electron chi connectivity index (χ3n) is 6.08. The van der Waals surface area contributed by atoms with Gasteiger partial charge in [-0.15, -0.1) is 0 Å². The number of H-pyrrole nitrogens is 1. The largest absolute Gasteiger partial charge is 0.481 e. The third-order valence-corrected chi connectivity index (χ3v) is 8.74. The molecule has 11 atom stereocenters. The molecule has 21 heteroatoms. The highest BCUT2D eigenvalue weighted by atomic mass is 31.3. The van der Waals surface area contributed by atoms with Gasteiger partial charge in [0.25, 0.3) is 5.56 Å².